The lowest BCUT2D eigenvalue weighted by molar-refractivity contribution is 0.230. The second kappa shape index (κ2) is 6.02. The van der Waals surface area contributed by atoms with Crippen LogP contribution in [0.3, 0.4) is 0 Å². The lowest BCUT2D eigenvalue weighted by Crippen LogP contribution is -2.45. The van der Waals surface area contributed by atoms with E-state index in [0.29, 0.717) is 6.04 Å². The molecular formula is C12H25NS. The van der Waals surface area contributed by atoms with Crippen LogP contribution in [0.5, 0.6) is 0 Å². The van der Waals surface area contributed by atoms with E-state index in [1.54, 1.807) is 0 Å². The first kappa shape index (κ1) is 12.4. The topological polar surface area (TPSA) is 12.0 Å². The van der Waals surface area contributed by atoms with E-state index < -0.39 is 0 Å². The Morgan fingerprint density at radius 2 is 1.86 bits per heavy atom. The van der Waals surface area contributed by atoms with Gasteiger partial charge < -0.3 is 5.32 Å². The highest BCUT2D eigenvalue weighted by Crippen LogP contribution is 2.26. The largest absolute Gasteiger partial charge is 0.311 e. The third-order valence-corrected chi connectivity index (χ3v) is 4.35. The van der Waals surface area contributed by atoms with Gasteiger partial charge in [0.15, 0.2) is 0 Å². The van der Waals surface area contributed by atoms with Crippen LogP contribution in [-0.2, 0) is 0 Å². The van der Waals surface area contributed by atoms with Crippen LogP contribution in [0.1, 0.15) is 40.5 Å². The van der Waals surface area contributed by atoms with Crippen LogP contribution in [0.2, 0.25) is 0 Å². The van der Waals surface area contributed by atoms with E-state index in [2.05, 4.69) is 44.8 Å². The van der Waals surface area contributed by atoms with Crippen LogP contribution in [0.15, 0.2) is 0 Å². The summed E-state index contributed by atoms with van der Waals surface area (Å²) in [6, 6.07) is 1.51. The first-order valence-electron chi connectivity index (χ1n) is 5.91. The van der Waals surface area contributed by atoms with Crippen molar-refractivity contribution >= 4 is 11.8 Å². The Kier molecular flexibility index (Phi) is 5.32. The van der Waals surface area contributed by atoms with Crippen molar-refractivity contribution in [2.45, 2.75) is 52.6 Å². The number of hydrogen-bond acceptors (Lipinski definition) is 2. The molecule has 0 heterocycles. The maximum atomic E-state index is 3.70. The maximum absolute atomic E-state index is 3.70. The molecule has 0 aromatic carbocycles. The Morgan fingerprint density at radius 1 is 1.21 bits per heavy atom. The predicted molar refractivity (Wildman–Crippen MR) is 66.9 cm³/mol. The van der Waals surface area contributed by atoms with E-state index in [4.69, 9.17) is 0 Å². The van der Waals surface area contributed by atoms with Gasteiger partial charge in [0.25, 0.3) is 0 Å². The summed E-state index contributed by atoms with van der Waals surface area (Å²) in [6.07, 6.45) is 2.78. The molecule has 1 aliphatic carbocycles. The molecule has 0 amide bonds. The SMILES string of the molecule is CC(C)CSCC(C)NC1CC(C)C1. The summed E-state index contributed by atoms with van der Waals surface area (Å²) in [6.45, 7) is 9.24. The Morgan fingerprint density at radius 3 is 2.36 bits per heavy atom. The second-order valence-corrected chi connectivity index (χ2v) is 6.35. The van der Waals surface area contributed by atoms with Gasteiger partial charge in [-0.05, 0) is 37.4 Å². The molecule has 0 radical (unpaired) electrons. The van der Waals surface area contributed by atoms with Gasteiger partial charge in [-0.1, -0.05) is 20.8 Å². The number of nitrogens with one attached hydrogen (secondary N) is 1. The van der Waals surface area contributed by atoms with Crippen LogP contribution >= 0.6 is 11.8 Å². The highest BCUT2D eigenvalue weighted by atomic mass is 32.2. The van der Waals surface area contributed by atoms with Gasteiger partial charge in [-0.3, -0.25) is 0 Å². The van der Waals surface area contributed by atoms with Gasteiger partial charge in [0.2, 0.25) is 0 Å². The molecule has 1 unspecified atom stereocenters. The quantitative estimate of drug-likeness (QED) is 0.730. The molecule has 1 aliphatic rings. The molecule has 0 bridgehead atoms. The zero-order valence-corrected chi connectivity index (χ0v) is 10.9. The van der Waals surface area contributed by atoms with Crippen molar-refractivity contribution in [1.82, 2.24) is 5.32 Å². The van der Waals surface area contributed by atoms with Crippen molar-refractivity contribution in [1.29, 1.82) is 0 Å². The van der Waals surface area contributed by atoms with E-state index >= 15 is 0 Å². The molecule has 1 saturated carbocycles. The molecule has 0 spiro atoms. The average Bonchev–Trinajstić information content (AvgIpc) is 2.00. The van der Waals surface area contributed by atoms with E-state index in [9.17, 15) is 0 Å². The zero-order valence-electron chi connectivity index (χ0n) is 10.0. The first-order chi connectivity index (χ1) is 6.58. The minimum Gasteiger partial charge on any atom is -0.311 e. The number of thioether (sulfide) groups is 1. The minimum absolute atomic E-state index is 0.691. The second-order valence-electron chi connectivity index (χ2n) is 5.27. The zero-order chi connectivity index (χ0) is 10.6. The van der Waals surface area contributed by atoms with Crippen LogP contribution in [0.25, 0.3) is 0 Å². The van der Waals surface area contributed by atoms with Gasteiger partial charge in [0.1, 0.15) is 0 Å². The van der Waals surface area contributed by atoms with Gasteiger partial charge in [-0.2, -0.15) is 11.8 Å². The standard InChI is InChI=1S/C12H25NS/c1-9(2)7-14-8-11(4)13-12-5-10(3)6-12/h9-13H,5-8H2,1-4H3. The molecule has 0 aliphatic heterocycles. The van der Waals surface area contributed by atoms with Gasteiger partial charge in [0.05, 0.1) is 0 Å². The van der Waals surface area contributed by atoms with Crippen molar-refractivity contribution < 1.29 is 0 Å². The molecule has 1 rings (SSSR count). The molecule has 0 aromatic rings. The summed E-state index contributed by atoms with van der Waals surface area (Å²) >= 11 is 2.08. The lowest BCUT2D eigenvalue weighted by Gasteiger charge is -2.35. The van der Waals surface area contributed by atoms with Crippen molar-refractivity contribution in [3.63, 3.8) is 0 Å². The van der Waals surface area contributed by atoms with Crippen molar-refractivity contribution in [2.75, 3.05) is 11.5 Å². The summed E-state index contributed by atoms with van der Waals surface area (Å²) in [5.74, 6) is 4.36. The van der Waals surface area contributed by atoms with Gasteiger partial charge in [-0.15, -0.1) is 0 Å². The van der Waals surface area contributed by atoms with Crippen molar-refractivity contribution in [3.05, 3.63) is 0 Å². The molecule has 1 nitrogen and oxygen atoms in total. The third-order valence-electron chi connectivity index (χ3n) is 2.71. The van der Waals surface area contributed by atoms with Crippen LogP contribution in [0, 0.1) is 11.8 Å². The maximum Gasteiger partial charge on any atom is 0.0132 e. The molecule has 0 aromatic heterocycles. The Balaban J connectivity index is 1.96. The molecule has 14 heavy (non-hydrogen) atoms. The predicted octanol–water partition coefficient (Wildman–Crippen LogP) is 3.15. The molecule has 1 atom stereocenters. The smallest absolute Gasteiger partial charge is 0.0132 e. The summed E-state index contributed by atoms with van der Waals surface area (Å²) < 4.78 is 0. The summed E-state index contributed by atoms with van der Waals surface area (Å²) in [5, 5.41) is 3.70. The molecular weight excluding hydrogens is 190 g/mol. The molecule has 2 heteroatoms. The summed E-state index contributed by atoms with van der Waals surface area (Å²) in [7, 11) is 0. The van der Waals surface area contributed by atoms with Gasteiger partial charge in [-0.25, -0.2) is 0 Å². The van der Waals surface area contributed by atoms with E-state index in [1.165, 1.54) is 24.3 Å². The fraction of sp³-hybridized carbons (Fsp3) is 1.00. The average molecular weight is 215 g/mol. The molecule has 84 valence electrons. The van der Waals surface area contributed by atoms with E-state index in [-0.39, 0.29) is 0 Å². The van der Waals surface area contributed by atoms with Gasteiger partial charge >= 0.3 is 0 Å². The van der Waals surface area contributed by atoms with E-state index in [0.717, 1.165) is 17.9 Å². The van der Waals surface area contributed by atoms with Gasteiger partial charge in [0, 0.05) is 17.8 Å². The van der Waals surface area contributed by atoms with Crippen LogP contribution in [-0.4, -0.2) is 23.6 Å². The molecule has 1 N–H and O–H groups in total. The Hall–Kier alpha value is 0.310. The Bertz CT molecular complexity index is 152. The lowest BCUT2D eigenvalue weighted by atomic mass is 9.81. The fourth-order valence-electron chi connectivity index (χ4n) is 1.97. The Labute approximate surface area is 93.4 Å². The van der Waals surface area contributed by atoms with Crippen molar-refractivity contribution in [3.8, 4) is 0 Å². The summed E-state index contributed by atoms with van der Waals surface area (Å²) in [4.78, 5) is 0. The molecule has 0 saturated heterocycles. The van der Waals surface area contributed by atoms with Crippen LogP contribution < -0.4 is 5.32 Å². The molecule has 1 fully saturated rings. The highest BCUT2D eigenvalue weighted by Gasteiger charge is 2.25. The fourth-order valence-corrected chi connectivity index (χ4v) is 3.03. The minimum atomic E-state index is 0.691. The number of rotatable bonds is 6. The first-order valence-corrected chi connectivity index (χ1v) is 7.07. The van der Waals surface area contributed by atoms with Crippen molar-refractivity contribution in [2.24, 2.45) is 11.8 Å². The summed E-state index contributed by atoms with van der Waals surface area (Å²) in [5.41, 5.74) is 0. The highest BCUT2D eigenvalue weighted by molar-refractivity contribution is 7.99. The normalized spacial score (nSPS) is 28.9. The number of hydrogen-bond donors (Lipinski definition) is 1. The van der Waals surface area contributed by atoms with E-state index in [1.807, 2.05) is 0 Å². The van der Waals surface area contributed by atoms with Crippen LogP contribution in [0.4, 0.5) is 0 Å². The third kappa shape index (κ3) is 4.70. The monoisotopic (exact) mass is 215 g/mol.